The molecule has 1 aromatic rings. The zero-order valence-electron chi connectivity index (χ0n) is 14.6. The maximum atomic E-state index is 12.8. The number of ether oxygens (including phenoxy) is 1. The molecule has 134 valence electrons. The molecule has 0 bridgehead atoms. The molecule has 0 radical (unpaired) electrons. The van der Waals surface area contributed by atoms with Crippen LogP contribution in [0, 0.1) is 6.92 Å². The van der Waals surface area contributed by atoms with E-state index in [1.165, 1.54) is 4.31 Å². The van der Waals surface area contributed by atoms with E-state index in [1.54, 1.807) is 18.1 Å². The fourth-order valence-electron chi connectivity index (χ4n) is 2.92. The van der Waals surface area contributed by atoms with Crippen molar-refractivity contribution < 1.29 is 17.9 Å². The number of methoxy groups -OCH3 is 1. The summed E-state index contributed by atoms with van der Waals surface area (Å²) in [5, 5.41) is 0. The topological polar surface area (TPSA) is 66.9 Å². The molecule has 1 aromatic carbocycles. The van der Waals surface area contributed by atoms with Crippen LogP contribution in [0.15, 0.2) is 18.2 Å². The Hall–Kier alpha value is -1.60. The van der Waals surface area contributed by atoms with Crippen LogP contribution in [0.1, 0.15) is 35.7 Å². The molecule has 0 atom stereocenters. The van der Waals surface area contributed by atoms with Gasteiger partial charge in [-0.3, -0.25) is 4.79 Å². The van der Waals surface area contributed by atoms with Crippen LogP contribution in [0.5, 0.6) is 5.75 Å². The van der Waals surface area contributed by atoms with Gasteiger partial charge in [0, 0.05) is 26.2 Å². The number of hydrogen-bond donors (Lipinski definition) is 0. The van der Waals surface area contributed by atoms with Crippen molar-refractivity contribution in [2.75, 3.05) is 39.0 Å². The average Bonchev–Trinajstić information content (AvgIpc) is 2.80. The first kappa shape index (κ1) is 18.7. The predicted octanol–water partition coefficient (Wildman–Crippen LogP) is 1.89. The largest absolute Gasteiger partial charge is 0.496 e. The fourth-order valence-corrected chi connectivity index (χ4v) is 4.46. The number of aryl methyl sites for hydroxylation is 1. The summed E-state index contributed by atoms with van der Waals surface area (Å²) >= 11 is 0. The highest BCUT2D eigenvalue weighted by Crippen LogP contribution is 2.22. The van der Waals surface area contributed by atoms with Gasteiger partial charge in [0.1, 0.15) is 5.75 Å². The van der Waals surface area contributed by atoms with Gasteiger partial charge in [0.05, 0.1) is 18.4 Å². The Morgan fingerprint density at radius 1 is 1.21 bits per heavy atom. The summed E-state index contributed by atoms with van der Waals surface area (Å²) in [5.74, 6) is 0.600. The first-order chi connectivity index (χ1) is 11.4. The molecular weight excluding hydrogens is 328 g/mol. The molecule has 0 spiro atoms. The van der Waals surface area contributed by atoms with Gasteiger partial charge in [-0.2, -0.15) is 0 Å². The molecule has 24 heavy (non-hydrogen) atoms. The summed E-state index contributed by atoms with van der Waals surface area (Å²) < 4.78 is 31.3. The number of carbonyl (C=O) groups excluding carboxylic acids is 1. The molecule has 1 aliphatic rings. The van der Waals surface area contributed by atoms with Crippen molar-refractivity contribution >= 4 is 15.9 Å². The smallest absolute Gasteiger partial charge is 0.257 e. The lowest BCUT2D eigenvalue weighted by Gasteiger charge is -2.22. The van der Waals surface area contributed by atoms with E-state index in [2.05, 4.69) is 0 Å². The lowest BCUT2D eigenvalue weighted by molar-refractivity contribution is 0.0760. The third-order valence-corrected chi connectivity index (χ3v) is 6.26. The molecule has 0 unspecified atom stereocenters. The van der Waals surface area contributed by atoms with Gasteiger partial charge < -0.3 is 9.64 Å². The Morgan fingerprint density at radius 3 is 2.62 bits per heavy atom. The summed E-state index contributed by atoms with van der Waals surface area (Å²) in [7, 11) is -1.67. The summed E-state index contributed by atoms with van der Waals surface area (Å²) in [6.07, 6.45) is 1.24. The molecule has 2 rings (SSSR count). The molecular formula is C17H26N2O4S. The van der Waals surface area contributed by atoms with Gasteiger partial charge in [-0.05, 0) is 31.9 Å². The zero-order chi connectivity index (χ0) is 17.7. The molecule has 1 saturated heterocycles. The van der Waals surface area contributed by atoms with Gasteiger partial charge in [-0.15, -0.1) is 0 Å². The summed E-state index contributed by atoms with van der Waals surface area (Å²) in [5.41, 5.74) is 1.52. The first-order valence-corrected chi connectivity index (χ1v) is 9.91. The van der Waals surface area contributed by atoms with Crippen LogP contribution in [0.25, 0.3) is 0 Å². The van der Waals surface area contributed by atoms with Crippen LogP contribution in [0.4, 0.5) is 0 Å². The third kappa shape index (κ3) is 4.27. The van der Waals surface area contributed by atoms with E-state index in [9.17, 15) is 13.2 Å². The van der Waals surface area contributed by atoms with Crippen LogP contribution in [0.3, 0.4) is 0 Å². The quantitative estimate of drug-likeness (QED) is 0.810. The molecule has 0 aliphatic carbocycles. The van der Waals surface area contributed by atoms with Gasteiger partial charge in [0.15, 0.2) is 0 Å². The Labute approximate surface area is 144 Å². The zero-order valence-corrected chi connectivity index (χ0v) is 15.4. The van der Waals surface area contributed by atoms with Crippen molar-refractivity contribution in [1.29, 1.82) is 0 Å². The maximum absolute atomic E-state index is 12.8. The standard InChI is InChI=1S/C17H26N2O4S/c1-4-12-24(21,22)19-9-5-8-18(10-11-19)17(20)15-13-14(2)6-7-16(15)23-3/h6-7,13H,4-5,8-12H2,1-3H3. The van der Waals surface area contributed by atoms with Gasteiger partial charge in [-0.25, -0.2) is 12.7 Å². The number of rotatable bonds is 5. The highest BCUT2D eigenvalue weighted by atomic mass is 32.2. The molecule has 0 saturated carbocycles. The van der Waals surface area contributed by atoms with Gasteiger partial charge in [0.2, 0.25) is 10.0 Å². The number of amides is 1. The normalized spacial score (nSPS) is 16.7. The van der Waals surface area contributed by atoms with E-state index < -0.39 is 10.0 Å². The van der Waals surface area contributed by atoms with Crippen LogP contribution in [0.2, 0.25) is 0 Å². The van der Waals surface area contributed by atoms with Crippen molar-refractivity contribution in [3.05, 3.63) is 29.3 Å². The minimum Gasteiger partial charge on any atom is -0.496 e. The Balaban J connectivity index is 2.14. The molecule has 1 fully saturated rings. The van der Waals surface area contributed by atoms with E-state index in [-0.39, 0.29) is 11.7 Å². The summed E-state index contributed by atoms with van der Waals surface area (Å²) in [6, 6.07) is 5.51. The van der Waals surface area contributed by atoms with Crippen LogP contribution in [-0.4, -0.2) is 62.6 Å². The van der Waals surface area contributed by atoms with Crippen molar-refractivity contribution in [3.8, 4) is 5.75 Å². The Morgan fingerprint density at radius 2 is 1.96 bits per heavy atom. The minimum atomic E-state index is -3.22. The van der Waals surface area contributed by atoms with Crippen molar-refractivity contribution in [2.45, 2.75) is 26.7 Å². The lowest BCUT2D eigenvalue weighted by atomic mass is 10.1. The van der Waals surface area contributed by atoms with E-state index in [0.29, 0.717) is 50.3 Å². The number of hydrogen-bond acceptors (Lipinski definition) is 4. The maximum Gasteiger partial charge on any atom is 0.257 e. The summed E-state index contributed by atoms with van der Waals surface area (Å²) in [4.78, 5) is 14.6. The van der Waals surface area contributed by atoms with Crippen LogP contribution in [-0.2, 0) is 10.0 Å². The monoisotopic (exact) mass is 354 g/mol. The molecule has 1 heterocycles. The van der Waals surface area contributed by atoms with Crippen molar-refractivity contribution in [3.63, 3.8) is 0 Å². The molecule has 1 amide bonds. The van der Waals surface area contributed by atoms with E-state index >= 15 is 0 Å². The number of benzene rings is 1. The molecule has 7 heteroatoms. The Kier molecular flexibility index (Phi) is 6.23. The molecule has 0 aromatic heterocycles. The van der Waals surface area contributed by atoms with E-state index in [1.807, 2.05) is 26.0 Å². The SMILES string of the molecule is CCCS(=O)(=O)N1CCCN(C(=O)c2cc(C)ccc2OC)CC1. The Bertz CT molecular complexity index is 688. The highest BCUT2D eigenvalue weighted by molar-refractivity contribution is 7.89. The molecule has 6 nitrogen and oxygen atoms in total. The van der Waals surface area contributed by atoms with E-state index in [4.69, 9.17) is 4.74 Å². The number of nitrogens with zero attached hydrogens (tertiary/aromatic N) is 2. The second-order valence-electron chi connectivity index (χ2n) is 6.06. The predicted molar refractivity (Wildman–Crippen MR) is 93.9 cm³/mol. The second-order valence-corrected chi connectivity index (χ2v) is 8.15. The average molecular weight is 354 g/mol. The second kappa shape index (κ2) is 7.98. The van der Waals surface area contributed by atoms with Crippen molar-refractivity contribution in [1.82, 2.24) is 9.21 Å². The van der Waals surface area contributed by atoms with Gasteiger partial charge >= 0.3 is 0 Å². The van der Waals surface area contributed by atoms with E-state index in [0.717, 1.165) is 5.56 Å². The molecule has 1 aliphatic heterocycles. The first-order valence-electron chi connectivity index (χ1n) is 8.30. The third-order valence-electron chi connectivity index (χ3n) is 4.18. The molecule has 0 N–H and O–H groups in total. The van der Waals surface area contributed by atoms with Crippen molar-refractivity contribution in [2.24, 2.45) is 0 Å². The summed E-state index contributed by atoms with van der Waals surface area (Å²) in [6.45, 7) is 5.55. The fraction of sp³-hybridized carbons (Fsp3) is 0.588. The van der Waals surface area contributed by atoms with Crippen LogP contribution >= 0.6 is 0 Å². The number of sulfonamides is 1. The minimum absolute atomic E-state index is 0.106. The van der Waals surface area contributed by atoms with Gasteiger partial charge in [0.25, 0.3) is 5.91 Å². The lowest BCUT2D eigenvalue weighted by Crippen LogP contribution is -2.38. The van der Waals surface area contributed by atoms with Crippen LogP contribution < -0.4 is 4.74 Å². The van der Waals surface area contributed by atoms with Gasteiger partial charge in [-0.1, -0.05) is 18.6 Å². The number of carbonyl (C=O) groups is 1. The highest BCUT2D eigenvalue weighted by Gasteiger charge is 2.27.